The van der Waals surface area contributed by atoms with Crippen LogP contribution in [-0.2, 0) is 11.3 Å². The molecule has 0 aliphatic carbocycles. The fraction of sp³-hybridized carbons (Fsp3) is 0.211. The second-order valence-corrected chi connectivity index (χ2v) is 5.64. The van der Waals surface area contributed by atoms with Gasteiger partial charge in [-0.15, -0.1) is 0 Å². The zero-order valence-electron chi connectivity index (χ0n) is 14.8. The summed E-state index contributed by atoms with van der Waals surface area (Å²) in [6, 6.07) is 8.04. The van der Waals surface area contributed by atoms with Crippen molar-refractivity contribution in [3.63, 3.8) is 0 Å². The average molecular weight is 370 g/mol. The second-order valence-electron chi connectivity index (χ2n) is 5.64. The number of methoxy groups -OCH3 is 1. The van der Waals surface area contributed by atoms with Crippen LogP contribution in [0.15, 0.2) is 55.2 Å². The highest BCUT2D eigenvalue weighted by Gasteiger charge is 2.14. The van der Waals surface area contributed by atoms with Crippen molar-refractivity contribution in [3.05, 3.63) is 72.2 Å². The third kappa shape index (κ3) is 4.68. The number of hydrogen-bond donors (Lipinski definition) is 1. The molecule has 3 aromatic rings. The lowest BCUT2D eigenvalue weighted by molar-refractivity contribution is 0.0941. The quantitative estimate of drug-likeness (QED) is 0.616. The molecule has 140 valence electrons. The molecule has 0 bridgehead atoms. The first-order valence-electron chi connectivity index (χ1n) is 8.30. The van der Waals surface area contributed by atoms with E-state index in [4.69, 9.17) is 9.47 Å². The van der Waals surface area contributed by atoms with Gasteiger partial charge in [-0.25, -0.2) is 14.4 Å². The molecular formula is C19H19FN4O3. The predicted molar refractivity (Wildman–Crippen MR) is 96.3 cm³/mol. The van der Waals surface area contributed by atoms with Crippen LogP contribution in [0.5, 0.6) is 5.88 Å². The molecule has 1 aromatic carbocycles. The molecule has 0 atom stereocenters. The summed E-state index contributed by atoms with van der Waals surface area (Å²) in [5.41, 5.74) is 1.34. The van der Waals surface area contributed by atoms with Crippen LogP contribution < -0.4 is 10.1 Å². The van der Waals surface area contributed by atoms with Crippen LogP contribution in [0.4, 0.5) is 4.39 Å². The van der Waals surface area contributed by atoms with Crippen molar-refractivity contribution >= 4 is 5.91 Å². The molecule has 0 unspecified atom stereocenters. The molecule has 2 heterocycles. The van der Waals surface area contributed by atoms with Gasteiger partial charge in [0.05, 0.1) is 18.6 Å². The molecule has 0 saturated carbocycles. The first kappa shape index (κ1) is 18.5. The number of rotatable bonds is 8. The number of ether oxygens (including phenoxy) is 2. The van der Waals surface area contributed by atoms with Gasteiger partial charge in [-0.2, -0.15) is 0 Å². The molecule has 8 heteroatoms. The Labute approximate surface area is 155 Å². The monoisotopic (exact) mass is 370 g/mol. The third-order valence-electron chi connectivity index (χ3n) is 3.79. The molecule has 3 rings (SSSR count). The van der Waals surface area contributed by atoms with E-state index in [2.05, 4.69) is 15.3 Å². The van der Waals surface area contributed by atoms with Gasteiger partial charge < -0.3 is 19.4 Å². The number of pyridine rings is 1. The molecule has 0 aliphatic heterocycles. The number of imidazole rings is 1. The first-order valence-corrected chi connectivity index (χ1v) is 8.30. The van der Waals surface area contributed by atoms with Gasteiger partial charge in [-0.3, -0.25) is 4.79 Å². The van der Waals surface area contributed by atoms with Crippen LogP contribution in [0.25, 0.3) is 5.69 Å². The molecule has 0 fully saturated rings. The van der Waals surface area contributed by atoms with Gasteiger partial charge in [0.2, 0.25) is 5.88 Å². The number of halogens is 1. The van der Waals surface area contributed by atoms with E-state index < -0.39 is 5.82 Å². The number of amides is 1. The highest BCUT2D eigenvalue weighted by Crippen LogP contribution is 2.16. The number of benzene rings is 1. The molecule has 2 aromatic heterocycles. The zero-order chi connectivity index (χ0) is 19.1. The maximum atomic E-state index is 14.3. The SMILES string of the molecule is COCCOc1ncccc1C(=O)NCc1ccc(-n2ccnc2)c(F)c1. The molecule has 1 amide bonds. The van der Waals surface area contributed by atoms with Crippen molar-refractivity contribution in [1.29, 1.82) is 0 Å². The minimum Gasteiger partial charge on any atom is -0.475 e. The lowest BCUT2D eigenvalue weighted by atomic mass is 10.2. The molecule has 1 N–H and O–H groups in total. The molecule has 0 radical (unpaired) electrons. The number of carbonyl (C=O) groups is 1. The number of nitrogens with zero attached hydrogens (tertiary/aromatic N) is 3. The van der Waals surface area contributed by atoms with E-state index in [1.54, 1.807) is 54.5 Å². The Bertz CT molecular complexity index is 900. The van der Waals surface area contributed by atoms with E-state index in [9.17, 15) is 9.18 Å². The Balaban J connectivity index is 1.65. The van der Waals surface area contributed by atoms with Crippen LogP contribution >= 0.6 is 0 Å². The van der Waals surface area contributed by atoms with E-state index >= 15 is 0 Å². The van der Waals surface area contributed by atoms with Gasteiger partial charge in [0.25, 0.3) is 5.91 Å². The molecule has 0 saturated heterocycles. The minimum absolute atomic E-state index is 0.173. The normalized spacial score (nSPS) is 10.6. The summed E-state index contributed by atoms with van der Waals surface area (Å²) in [6.07, 6.45) is 6.30. The number of carbonyl (C=O) groups excluding carboxylic acids is 1. The predicted octanol–water partition coefficient (Wildman–Crippen LogP) is 2.36. The largest absolute Gasteiger partial charge is 0.475 e. The fourth-order valence-electron chi connectivity index (χ4n) is 2.45. The molecule has 0 spiro atoms. The second kappa shape index (κ2) is 8.91. The van der Waals surface area contributed by atoms with E-state index in [1.807, 2.05) is 0 Å². The van der Waals surface area contributed by atoms with E-state index in [1.165, 1.54) is 12.4 Å². The van der Waals surface area contributed by atoms with Gasteiger partial charge in [-0.05, 0) is 29.8 Å². The van der Waals surface area contributed by atoms with Crippen molar-refractivity contribution in [1.82, 2.24) is 19.9 Å². The maximum absolute atomic E-state index is 14.3. The van der Waals surface area contributed by atoms with Crippen molar-refractivity contribution < 1.29 is 18.7 Å². The van der Waals surface area contributed by atoms with Crippen LogP contribution in [-0.4, -0.2) is 40.8 Å². The maximum Gasteiger partial charge on any atom is 0.257 e. The summed E-state index contributed by atoms with van der Waals surface area (Å²) >= 11 is 0. The third-order valence-corrected chi connectivity index (χ3v) is 3.79. The van der Waals surface area contributed by atoms with Crippen molar-refractivity contribution in [2.75, 3.05) is 20.3 Å². The van der Waals surface area contributed by atoms with Gasteiger partial charge in [-0.1, -0.05) is 6.07 Å². The lowest BCUT2D eigenvalue weighted by Crippen LogP contribution is -2.24. The van der Waals surface area contributed by atoms with Crippen LogP contribution in [0.2, 0.25) is 0 Å². The van der Waals surface area contributed by atoms with E-state index in [-0.39, 0.29) is 24.9 Å². The topological polar surface area (TPSA) is 78.3 Å². The van der Waals surface area contributed by atoms with Crippen molar-refractivity contribution in [2.45, 2.75) is 6.54 Å². The van der Waals surface area contributed by atoms with Crippen molar-refractivity contribution in [3.8, 4) is 11.6 Å². The van der Waals surface area contributed by atoms with Gasteiger partial charge in [0.1, 0.15) is 18.0 Å². The minimum atomic E-state index is -0.398. The van der Waals surface area contributed by atoms with Crippen LogP contribution in [0.1, 0.15) is 15.9 Å². The Kier molecular flexibility index (Phi) is 6.11. The number of aromatic nitrogens is 3. The summed E-state index contributed by atoms with van der Waals surface area (Å²) in [5.74, 6) is -0.520. The van der Waals surface area contributed by atoms with Crippen LogP contribution in [0.3, 0.4) is 0 Å². The first-order chi connectivity index (χ1) is 13.2. The zero-order valence-corrected chi connectivity index (χ0v) is 14.8. The molecule has 0 aliphatic rings. The van der Waals surface area contributed by atoms with Crippen LogP contribution in [0, 0.1) is 5.82 Å². The summed E-state index contributed by atoms with van der Waals surface area (Å²) in [6.45, 7) is 0.848. The lowest BCUT2D eigenvalue weighted by Gasteiger charge is -2.11. The van der Waals surface area contributed by atoms with Gasteiger partial charge in [0, 0.05) is 32.2 Å². The Morgan fingerprint density at radius 1 is 1.26 bits per heavy atom. The Morgan fingerprint density at radius 2 is 2.15 bits per heavy atom. The summed E-state index contributed by atoms with van der Waals surface area (Å²) in [7, 11) is 1.56. The summed E-state index contributed by atoms with van der Waals surface area (Å²) in [5, 5.41) is 2.75. The number of hydrogen-bond acceptors (Lipinski definition) is 5. The van der Waals surface area contributed by atoms with Gasteiger partial charge in [0.15, 0.2) is 0 Å². The highest BCUT2D eigenvalue weighted by molar-refractivity contribution is 5.96. The van der Waals surface area contributed by atoms with E-state index in [0.717, 1.165) is 0 Å². The average Bonchev–Trinajstić information content (AvgIpc) is 3.21. The molecular weight excluding hydrogens is 351 g/mol. The highest BCUT2D eigenvalue weighted by atomic mass is 19.1. The number of nitrogens with one attached hydrogen (secondary N) is 1. The summed E-state index contributed by atoms with van der Waals surface area (Å²) < 4.78 is 26.3. The fourth-order valence-corrected chi connectivity index (χ4v) is 2.45. The standard InChI is InChI=1S/C19H19FN4O3/c1-26-9-10-27-19-15(3-2-6-22-19)18(25)23-12-14-4-5-17(16(20)11-14)24-8-7-21-13-24/h2-8,11,13H,9-10,12H2,1H3,(H,23,25). The summed E-state index contributed by atoms with van der Waals surface area (Å²) in [4.78, 5) is 20.4. The molecule has 27 heavy (non-hydrogen) atoms. The van der Waals surface area contributed by atoms with Gasteiger partial charge >= 0.3 is 0 Å². The van der Waals surface area contributed by atoms with E-state index in [0.29, 0.717) is 23.4 Å². The smallest absolute Gasteiger partial charge is 0.257 e. The molecule has 7 nitrogen and oxygen atoms in total. The Hall–Kier alpha value is -3.26. The Morgan fingerprint density at radius 3 is 2.89 bits per heavy atom. The van der Waals surface area contributed by atoms with Crippen molar-refractivity contribution in [2.24, 2.45) is 0 Å².